The molecule has 10 heteroatoms. The highest BCUT2D eigenvalue weighted by Crippen LogP contribution is 2.32. The molecule has 1 aromatic carbocycles. The first-order chi connectivity index (χ1) is 21.8. The Balaban J connectivity index is 1.29. The molecular formula is C34H40N4O6. The highest BCUT2D eigenvalue weighted by Gasteiger charge is 2.14. The first-order valence-corrected chi connectivity index (χ1v) is 15.0. The van der Waals surface area contributed by atoms with Crippen molar-refractivity contribution in [3.63, 3.8) is 0 Å². The summed E-state index contributed by atoms with van der Waals surface area (Å²) >= 11 is 0. The Morgan fingerprint density at radius 2 is 1.02 bits per heavy atom. The van der Waals surface area contributed by atoms with Crippen molar-refractivity contribution in [3.8, 4) is 22.8 Å². The molecule has 232 valence electrons. The summed E-state index contributed by atoms with van der Waals surface area (Å²) in [5.41, 5.74) is 4.72. The molecule has 0 radical (unpaired) electrons. The van der Waals surface area contributed by atoms with Crippen LogP contribution in [0.4, 0.5) is 0 Å². The molecule has 4 aromatic rings. The SMILES string of the molecule is c1ccc(CN(Cc2ccccn2)Cc2cccc(-c3ccc4c(c3)OCCOCCOCCOCCOCCO4)n2)nc1. The van der Waals surface area contributed by atoms with Crippen LogP contribution in [0.15, 0.2) is 85.2 Å². The Labute approximate surface area is 258 Å². The Kier molecular flexibility index (Phi) is 12.9. The average Bonchev–Trinajstić information content (AvgIpc) is 3.05. The van der Waals surface area contributed by atoms with E-state index in [2.05, 4.69) is 14.9 Å². The molecule has 1 aliphatic rings. The lowest BCUT2D eigenvalue weighted by Gasteiger charge is -2.21. The zero-order valence-corrected chi connectivity index (χ0v) is 25.0. The minimum atomic E-state index is 0.378. The van der Waals surface area contributed by atoms with Crippen LogP contribution in [-0.4, -0.2) is 85.9 Å². The molecule has 10 nitrogen and oxygen atoms in total. The van der Waals surface area contributed by atoms with Gasteiger partial charge in [-0.2, -0.15) is 0 Å². The predicted molar refractivity (Wildman–Crippen MR) is 165 cm³/mol. The third-order valence-electron chi connectivity index (χ3n) is 6.74. The summed E-state index contributed by atoms with van der Waals surface area (Å²) in [5.74, 6) is 1.28. The lowest BCUT2D eigenvalue weighted by Crippen LogP contribution is -2.24. The van der Waals surface area contributed by atoms with Crippen LogP contribution in [0, 0.1) is 0 Å². The van der Waals surface area contributed by atoms with Crippen molar-refractivity contribution in [2.75, 3.05) is 66.1 Å². The molecule has 44 heavy (non-hydrogen) atoms. The van der Waals surface area contributed by atoms with Crippen LogP contribution in [0.3, 0.4) is 0 Å². The smallest absolute Gasteiger partial charge is 0.161 e. The largest absolute Gasteiger partial charge is 0.487 e. The third-order valence-corrected chi connectivity index (χ3v) is 6.74. The van der Waals surface area contributed by atoms with E-state index in [1.807, 2.05) is 85.2 Å². The fraction of sp³-hybridized carbons (Fsp3) is 0.382. The van der Waals surface area contributed by atoms with Gasteiger partial charge in [0.05, 0.1) is 75.6 Å². The number of ether oxygens (including phenoxy) is 6. The normalized spacial score (nSPS) is 15.8. The van der Waals surface area contributed by atoms with Gasteiger partial charge in [-0.1, -0.05) is 18.2 Å². The number of nitrogens with zero attached hydrogens (tertiary/aromatic N) is 4. The van der Waals surface area contributed by atoms with Crippen LogP contribution in [0.5, 0.6) is 11.5 Å². The van der Waals surface area contributed by atoms with Crippen molar-refractivity contribution in [1.29, 1.82) is 0 Å². The number of hydrogen-bond acceptors (Lipinski definition) is 10. The first-order valence-electron chi connectivity index (χ1n) is 15.0. The molecule has 0 unspecified atom stereocenters. The van der Waals surface area contributed by atoms with Gasteiger partial charge in [-0.05, 0) is 54.6 Å². The van der Waals surface area contributed by atoms with Gasteiger partial charge in [0.15, 0.2) is 11.5 Å². The summed E-state index contributed by atoms with van der Waals surface area (Å²) in [4.78, 5) is 16.4. The molecule has 1 aliphatic heterocycles. The van der Waals surface area contributed by atoms with Gasteiger partial charge in [-0.15, -0.1) is 0 Å². The molecule has 0 saturated heterocycles. The van der Waals surface area contributed by atoms with E-state index < -0.39 is 0 Å². The maximum atomic E-state index is 6.12. The van der Waals surface area contributed by atoms with Gasteiger partial charge in [0.1, 0.15) is 13.2 Å². The van der Waals surface area contributed by atoms with Crippen molar-refractivity contribution in [2.24, 2.45) is 0 Å². The van der Waals surface area contributed by atoms with Gasteiger partial charge in [0, 0.05) is 37.6 Å². The maximum absolute atomic E-state index is 6.12. The molecule has 0 N–H and O–H groups in total. The molecule has 5 rings (SSSR count). The summed E-state index contributed by atoms with van der Waals surface area (Å²) in [7, 11) is 0. The van der Waals surface area contributed by atoms with Crippen LogP contribution in [0.25, 0.3) is 11.3 Å². The maximum Gasteiger partial charge on any atom is 0.161 e. The molecule has 4 heterocycles. The second kappa shape index (κ2) is 18.0. The highest BCUT2D eigenvalue weighted by molar-refractivity contribution is 5.64. The van der Waals surface area contributed by atoms with E-state index in [1.165, 1.54) is 0 Å². The molecule has 0 amide bonds. The zero-order chi connectivity index (χ0) is 30.1. The fourth-order valence-corrected chi connectivity index (χ4v) is 4.65. The minimum Gasteiger partial charge on any atom is -0.487 e. The lowest BCUT2D eigenvalue weighted by atomic mass is 10.1. The highest BCUT2D eigenvalue weighted by atomic mass is 16.6. The van der Waals surface area contributed by atoms with Gasteiger partial charge < -0.3 is 28.4 Å². The molecule has 0 atom stereocenters. The monoisotopic (exact) mass is 600 g/mol. The molecule has 3 aromatic heterocycles. The van der Waals surface area contributed by atoms with E-state index in [0.717, 1.165) is 28.3 Å². The van der Waals surface area contributed by atoms with Crippen molar-refractivity contribution in [1.82, 2.24) is 19.9 Å². The molecule has 0 bridgehead atoms. The number of rotatable bonds is 7. The van der Waals surface area contributed by atoms with E-state index >= 15 is 0 Å². The number of pyridine rings is 3. The van der Waals surface area contributed by atoms with Gasteiger partial charge in [0.2, 0.25) is 0 Å². The Morgan fingerprint density at radius 1 is 0.500 bits per heavy atom. The van der Waals surface area contributed by atoms with Gasteiger partial charge in [0.25, 0.3) is 0 Å². The summed E-state index contributed by atoms with van der Waals surface area (Å²) in [6.45, 7) is 6.71. The van der Waals surface area contributed by atoms with Crippen LogP contribution >= 0.6 is 0 Å². The summed E-state index contributed by atoms with van der Waals surface area (Å²) in [6.07, 6.45) is 3.64. The van der Waals surface area contributed by atoms with Crippen molar-refractivity contribution in [3.05, 3.63) is 102 Å². The quantitative estimate of drug-likeness (QED) is 0.300. The van der Waals surface area contributed by atoms with Crippen molar-refractivity contribution < 1.29 is 28.4 Å². The van der Waals surface area contributed by atoms with E-state index in [1.54, 1.807) is 0 Å². The molecular weight excluding hydrogens is 560 g/mol. The zero-order valence-electron chi connectivity index (χ0n) is 25.0. The van der Waals surface area contributed by atoms with Crippen LogP contribution in [0.2, 0.25) is 0 Å². The summed E-state index contributed by atoms with van der Waals surface area (Å²) in [6, 6.07) is 23.9. The predicted octanol–water partition coefficient (Wildman–Crippen LogP) is 4.58. The van der Waals surface area contributed by atoms with Gasteiger partial charge in [-0.25, -0.2) is 0 Å². The van der Waals surface area contributed by atoms with Crippen LogP contribution in [-0.2, 0) is 38.6 Å². The fourth-order valence-electron chi connectivity index (χ4n) is 4.65. The summed E-state index contributed by atoms with van der Waals surface area (Å²) in [5, 5.41) is 0. The number of aromatic nitrogens is 3. The Bertz CT molecular complexity index is 1340. The average molecular weight is 601 g/mol. The Hall–Kier alpha value is -3.93. The van der Waals surface area contributed by atoms with Crippen LogP contribution in [0.1, 0.15) is 17.1 Å². The first kappa shape index (κ1) is 31.5. The van der Waals surface area contributed by atoms with Crippen molar-refractivity contribution in [2.45, 2.75) is 19.6 Å². The van der Waals surface area contributed by atoms with E-state index in [-0.39, 0.29) is 0 Å². The number of hydrogen-bond donors (Lipinski definition) is 0. The van der Waals surface area contributed by atoms with E-state index in [9.17, 15) is 0 Å². The second-order valence-corrected chi connectivity index (χ2v) is 10.1. The standard InChI is InChI=1S/C34H40N4O6/c1-3-12-35-29(6-1)25-38(26-30-7-2-4-13-36-30)27-31-8-5-9-32(37-31)28-10-11-33-34(24-28)44-23-21-42-19-17-40-15-14-39-16-18-41-20-22-43-33/h1-13,24H,14-23,25-27H2. The topological polar surface area (TPSA) is 97.3 Å². The lowest BCUT2D eigenvalue weighted by molar-refractivity contribution is -0.00841. The van der Waals surface area contributed by atoms with Gasteiger partial charge in [-0.3, -0.25) is 19.9 Å². The Morgan fingerprint density at radius 3 is 1.59 bits per heavy atom. The molecule has 0 saturated carbocycles. The van der Waals surface area contributed by atoms with Crippen LogP contribution < -0.4 is 9.47 Å². The van der Waals surface area contributed by atoms with E-state index in [4.69, 9.17) is 33.4 Å². The van der Waals surface area contributed by atoms with E-state index in [0.29, 0.717) is 97.2 Å². The van der Waals surface area contributed by atoms with Crippen molar-refractivity contribution >= 4 is 0 Å². The van der Waals surface area contributed by atoms with Gasteiger partial charge >= 0.3 is 0 Å². The molecule has 0 aliphatic carbocycles. The number of benzene rings is 1. The number of fused-ring (bicyclic) bond motifs is 1. The minimum absolute atomic E-state index is 0.378. The molecule has 0 fully saturated rings. The molecule has 0 spiro atoms. The second-order valence-electron chi connectivity index (χ2n) is 10.1. The third kappa shape index (κ3) is 10.7. The summed E-state index contributed by atoms with van der Waals surface area (Å²) < 4.78 is 34.5.